The van der Waals surface area contributed by atoms with Crippen molar-refractivity contribution in [3.63, 3.8) is 0 Å². The zero-order chi connectivity index (χ0) is 19.2. The van der Waals surface area contributed by atoms with Crippen LogP contribution in [0.15, 0.2) is 41.6 Å². The van der Waals surface area contributed by atoms with E-state index in [0.29, 0.717) is 30.8 Å². The van der Waals surface area contributed by atoms with E-state index in [1.54, 1.807) is 6.92 Å². The molecule has 3 rings (SSSR count). The van der Waals surface area contributed by atoms with Gasteiger partial charge in [-0.1, -0.05) is 25.1 Å². The van der Waals surface area contributed by atoms with Crippen molar-refractivity contribution in [2.75, 3.05) is 44.2 Å². The van der Waals surface area contributed by atoms with Crippen LogP contribution < -0.4 is 15.5 Å². The van der Waals surface area contributed by atoms with Crippen molar-refractivity contribution in [3.05, 3.63) is 41.6 Å². The summed E-state index contributed by atoms with van der Waals surface area (Å²) in [4.78, 5) is 29.1. The molecule has 146 valence electrons. The average Bonchev–Trinajstić information content (AvgIpc) is 2.69. The van der Waals surface area contributed by atoms with Crippen molar-refractivity contribution in [2.24, 2.45) is 0 Å². The lowest BCUT2D eigenvalue weighted by Crippen LogP contribution is -2.54. The van der Waals surface area contributed by atoms with Crippen molar-refractivity contribution >= 4 is 17.7 Å². The van der Waals surface area contributed by atoms with Crippen LogP contribution in [0.3, 0.4) is 0 Å². The van der Waals surface area contributed by atoms with E-state index in [2.05, 4.69) is 32.6 Å². The molecule has 2 N–H and O–H groups in total. The summed E-state index contributed by atoms with van der Waals surface area (Å²) in [5.41, 5.74) is 2.44. The Labute approximate surface area is 160 Å². The lowest BCUT2D eigenvalue weighted by Gasteiger charge is -2.37. The molecule has 27 heavy (non-hydrogen) atoms. The van der Waals surface area contributed by atoms with Crippen LogP contribution in [-0.4, -0.2) is 62.3 Å². The highest BCUT2D eigenvalue weighted by atomic mass is 16.5. The highest BCUT2D eigenvalue weighted by molar-refractivity contribution is 5.94. The number of esters is 1. The molecule has 2 aliphatic heterocycles. The van der Waals surface area contributed by atoms with Gasteiger partial charge in [0.15, 0.2) is 0 Å². The van der Waals surface area contributed by atoms with Gasteiger partial charge in [-0.25, -0.2) is 9.59 Å². The van der Waals surface area contributed by atoms with E-state index in [0.717, 1.165) is 26.2 Å². The zero-order valence-electron chi connectivity index (χ0n) is 16.0. The molecular formula is C20H28N4O3. The van der Waals surface area contributed by atoms with Crippen molar-refractivity contribution in [2.45, 2.75) is 26.3 Å². The number of hydrogen-bond donors (Lipinski definition) is 2. The minimum Gasteiger partial charge on any atom is -0.463 e. The van der Waals surface area contributed by atoms with E-state index < -0.39 is 0 Å². The van der Waals surface area contributed by atoms with Gasteiger partial charge in [0.1, 0.15) is 0 Å². The Kier molecular flexibility index (Phi) is 6.34. The number of carbonyl (C=O) groups is 2. The Morgan fingerprint density at radius 3 is 2.48 bits per heavy atom. The molecule has 0 bridgehead atoms. The van der Waals surface area contributed by atoms with Gasteiger partial charge in [-0.2, -0.15) is 0 Å². The maximum absolute atomic E-state index is 12.5. The van der Waals surface area contributed by atoms with Gasteiger partial charge in [0, 0.05) is 44.1 Å². The molecular weight excluding hydrogens is 344 g/mol. The standard InChI is InChI=1S/C20H28N4O3/c1-3-16-18(19(25)27-4-2)17(22-20(26)21-16)14-23-10-12-24(13-11-23)15-8-6-5-7-9-15/h5-9,16H,3-4,10-14H2,1-2H3,(H2,21,22,26)/t16-/m1/s1. The Balaban J connectivity index is 1.70. The Hall–Kier alpha value is -2.54. The van der Waals surface area contributed by atoms with Crippen LogP contribution in [0.2, 0.25) is 0 Å². The van der Waals surface area contributed by atoms with Crippen LogP contribution in [0.4, 0.5) is 10.5 Å². The number of ether oxygens (including phenoxy) is 1. The molecule has 1 aromatic rings. The third-order valence-corrected chi connectivity index (χ3v) is 5.02. The quantitative estimate of drug-likeness (QED) is 0.744. The predicted molar refractivity (Wildman–Crippen MR) is 105 cm³/mol. The second-order valence-corrected chi connectivity index (χ2v) is 6.77. The first-order valence-corrected chi connectivity index (χ1v) is 9.62. The van der Waals surface area contributed by atoms with Crippen LogP contribution in [-0.2, 0) is 9.53 Å². The van der Waals surface area contributed by atoms with Crippen LogP contribution >= 0.6 is 0 Å². The summed E-state index contributed by atoms with van der Waals surface area (Å²) in [5, 5.41) is 5.65. The van der Waals surface area contributed by atoms with Crippen LogP contribution in [0.25, 0.3) is 0 Å². The number of benzene rings is 1. The summed E-state index contributed by atoms with van der Waals surface area (Å²) in [6.07, 6.45) is 0.646. The molecule has 0 aromatic heterocycles. The fourth-order valence-corrected chi connectivity index (χ4v) is 3.61. The van der Waals surface area contributed by atoms with Gasteiger partial charge in [0.2, 0.25) is 0 Å². The summed E-state index contributed by atoms with van der Waals surface area (Å²) in [6.45, 7) is 8.16. The molecule has 7 heteroatoms. The molecule has 2 heterocycles. The monoisotopic (exact) mass is 372 g/mol. The fourth-order valence-electron chi connectivity index (χ4n) is 3.61. The molecule has 1 atom stereocenters. The molecule has 1 fully saturated rings. The predicted octanol–water partition coefficient (Wildman–Crippen LogP) is 1.72. The van der Waals surface area contributed by atoms with Crippen molar-refractivity contribution in [1.29, 1.82) is 0 Å². The molecule has 2 amide bonds. The fraction of sp³-hybridized carbons (Fsp3) is 0.500. The highest BCUT2D eigenvalue weighted by Gasteiger charge is 2.32. The molecule has 1 aromatic carbocycles. The smallest absolute Gasteiger partial charge is 0.337 e. The van der Waals surface area contributed by atoms with Gasteiger partial charge < -0.3 is 20.3 Å². The number of urea groups is 1. The number of piperazine rings is 1. The molecule has 0 spiro atoms. The van der Waals surface area contributed by atoms with Crippen molar-refractivity contribution in [1.82, 2.24) is 15.5 Å². The van der Waals surface area contributed by atoms with Gasteiger partial charge in [-0.15, -0.1) is 0 Å². The van der Waals surface area contributed by atoms with E-state index in [-0.39, 0.29) is 18.0 Å². The minimum absolute atomic E-state index is 0.257. The SMILES string of the molecule is CCOC(=O)C1=C(CN2CCN(c3ccccc3)CC2)NC(=O)N[C@@H]1CC. The highest BCUT2D eigenvalue weighted by Crippen LogP contribution is 2.20. The summed E-state index contributed by atoms with van der Waals surface area (Å²) < 4.78 is 5.23. The number of anilines is 1. The molecule has 0 radical (unpaired) electrons. The lowest BCUT2D eigenvalue weighted by molar-refractivity contribution is -0.139. The molecule has 1 saturated heterocycles. The summed E-state index contributed by atoms with van der Waals surface area (Å²) >= 11 is 0. The summed E-state index contributed by atoms with van der Waals surface area (Å²) in [5.74, 6) is -0.352. The third-order valence-electron chi connectivity index (χ3n) is 5.02. The Bertz CT molecular complexity index is 696. The molecule has 0 unspecified atom stereocenters. The van der Waals surface area contributed by atoms with Gasteiger partial charge in [0.05, 0.1) is 18.2 Å². The van der Waals surface area contributed by atoms with E-state index in [4.69, 9.17) is 4.74 Å². The van der Waals surface area contributed by atoms with E-state index >= 15 is 0 Å². The van der Waals surface area contributed by atoms with Gasteiger partial charge in [-0.05, 0) is 25.5 Å². The maximum atomic E-state index is 12.5. The first-order valence-electron chi connectivity index (χ1n) is 9.62. The molecule has 0 saturated carbocycles. The van der Waals surface area contributed by atoms with Gasteiger partial charge in [0.25, 0.3) is 0 Å². The topological polar surface area (TPSA) is 73.9 Å². The Morgan fingerprint density at radius 1 is 1.15 bits per heavy atom. The average molecular weight is 372 g/mol. The van der Waals surface area contributed by atoms with E-state index in [9.17, 15) is 9.59 Å². The van der Waals surface area contributed by atoms with Gasteiger partial charge >= 0.3 is 12.0 Å². The number of amides is 2. The Morgan fingerprint density at radius 2 is 1.85 bits per heavy atom. The number of nitrogens with zero attached hydrogens (tertiary/aromatic N) is 2. The molecule has 2 aliphatic rings. The number of para-hydroxylation sites is 1. The number of nitrogens with one attached hydrogen (secondary N) is 2. The van der Waals surface area contributed by atoms with Gasteiger partial charge in [-0.3, -0.25) is 4.90 Å². The summed E-state index contributed by atoms with van der Waals surface area (Å²) in [6, 6.07) is 9.80. The van der Waals surface area contributed by atoms with E-state index in [1.165, 1.54) is 5.69 Å². The van der Waals surface area contributed by atoms with Crippen molar-refractivity contribution in [3.8, 4) is 0 Å². The zero-order valence-corrected chi connectivity index (χ0v) is 16.0. The summed E-state index contributed by atoms with van der Waals surface area (Å²) in [7, 11) is 0. The lowest BCUT2D eigenvalue weighted by atomic mass is 10.00. The second kappa shape index (κ2) is 8.90. The van der Waals surface area contributed by atoms with Crippen LogP contribution in [0.5, 0.6) is 0 Å². The minimum atomic E-state index is -0.352. The third kappa shape index (κ3) is 4.60. The largest absolute Gasteiger partial charge is 0.463 e. The maximum Gasteiger partial charge on any atom is 0.337 e. The normalized spacial score (nSPS) is 20.9. The molecule has 0 aliphatic carbocycles. The number of hydrogen-bond acceptors (Lipinski definition) is 5. The number of carbonyl (C=O) groups excluding carboxylic acids is 2. The first-order chi connectivity index (χ1) is 13.1. The molecule has 7 nitrogen and oxygen atoms in total. The first kappa shape index (κ1) is 19.2. The second-order valence-electron chi connectivity index (χ2n) is 6.77. The van der Waals surface area contributed by atoms with Crippen molar-refractivity contribution < 1.29 is 14.3 Å². The van der Waals surface area contributed by atoms with E-state index in [1.807, 2.05) is 25.1 Å². The van der Waals surface area contributed by atoms with Crippen LogP contribution in [0, 0.1) is 0 Å². The number of rotatable bonds is 6. The van der Waals surface area contributed by atoms with Crippen LogP contribution in [0.1, 0.15) is 20.3 Å².